The van der Waals surface area contributed by atoms with E-state index in [0.717, 1.165) is 6.92 Å². The average Bonchev–Trinajstić information content (AvgIpc) is 1.83. The molecular weight excluding hydrogens is 183 g/mol. The maximum atomic E-state index is 10.8. The first kappa shape index (κ1) is 11.6. The second-order valence-electron chi connectivity index (χ2n) is 2.67. The molecule has 0 aliphatic rings. The van der Waals surface area contributed by atoms with E-state index in [4.69, 9.17) is 9.79 Å². The minimum atomic E-state index is -4.38. The van der Waals surface area contributed by atoms with Crippen molar-refractivity contribution in [2.45, 2.75) is 32.5 Å². The van der Waals surface area contributed by atoms with Crippen molar-refractivity contribution < 1.29 is 23.9 Å². The third-order valence-corrected chi connectivity index (χ3v) is 3.28. The van der Waals surface area contributed by atoms with Crippen LogP contribution in [0.25, 0.3) is 0 Å². The van der Waals surface area contributed by atoms with Gasteiger partial charge < -0.3 is 14.5 Å². The van der Waals surface area contributed by atoms with E-state index in [1.54, 1.807) is 6.92 Å². The van der Waals surface area contributed by atoms with Gasteiger partial charge in [0.1, 0.15) is 0 Å². The molecule has 1 atom stereocenters. The SMILES string of the molecule is CCC(C)(OC(C)=O)P(=O)(O)O. The van der Waals surface area contributed by atoms with E-state index in [0.29, 0.717) is 0 Å². The predicted molar refractivity (Wildman–Crippen MR) is 42.5 cm³/mol. The van der Waals surface area contributed by atoms with Crippen molar-refractivity contribution in [2.75, 3.05) is 0 Å². The van der Waals surface area contributed by atoms with Crippen LogP contribution in [0.3, 0.4) is 0 Å². The standard InChI is InChI=1S/C6H13O5P/c1-4-6(3,11-5(2)7)12(8,9)10/h4H2,1-3H3,(H2,8,9,10). The summed E-state index contributed by atoms with van der Waals surface area (Å²) in [5, 5.41) is -1.68. The van der Waals surface area contributed by atoms with Gasteiger partial charge in [0.2, 0.25) is 5.34 Å². The first-order chi connectivity index (χ1) is 5.23. The van der Waals surface area contributed by atoms with Gasteiger partial charge in [-0.1, -0.05) is 6.92 Å². The van der Waals surface area contributed by atoms with Gasteiger partial charge in [0.25, 0.3) is 0 Å². The van der Waals surface area contributed by atoms with Crippen LogP contribution in [0, 0.1) is 0 Å². The van der Waals surface area contributed by atoms with Crippen LogP contribution in [0.4, 0.5) is 0 Å². The first-order valence-corrected chi connectivity index (χ1v) is 5.09. The summed E-state index contributed by atoms with van der Waals surface area (Å²) in [7, 11) is -4.38. The van der Waals surface area contributed by atoms with Crippen LogP contribution in [-0.4, -0.2) is 21.1 Å². The minimum absolute atomic E-state index is 0.0802. The fraction of sp³-hybridized carbons (Fsp3) is 0.833. The van der Waals surface area contributed by atoms with Gasteiger partial charge in [-0.25, -0.2) is 0 Å². The summed E-state index contributed by atoms with van der Waals surface area (Å²) < 4.78 is 15.4. The molecular formula is C6H13O5P. The third-order valence-electron chi connectivity index (χ3n) is 1.64. The molecule has 72 valence electrons. The Bertz CT molecular complexity index is 220. The van der Waals surface area contributed by atoms with Crippen LogP contribution in [0.15, 0.2) is 0 Å². The summed E-state index contributed by atoms with van der Waals surface area (Å²) in [6.07, 6.45) is 0.0802. The molecule has 5 nitrogen and oxygen atoms in total. The second kappa shape index (κ2) is 3.56. The van der Waals surface area contributed by atoms with E-state index in [-0.39, 0.29) is 6.42 Å². The Kier molecular flexibility index (Phi) is 3.45. The summed E-state index contributed by atoms with van der Waals surface area (Å²) in [4.78, 5) is 28.1. The molecule has 0 heterocycles. The molecule has 0 amide bonds. The van der Waals surface area contributed by atoms with Crippen LogP contribution >= 0.6 is 7.60 Å². The largest absolute Gasteiger partial charge is 0.447 e. The van der Waals surface area contributed by atoms with Crippen LogP contribution < -0.4 is 0 Å². The van der Waals surface area contributed by atoms with Crippen LogP contribution in [0.5, 0.6) is 0 Å². The van der Waals surface area contributed by atoms with E-state index in [2.05, 4.69) is 4.74 Å². The number of hydrogen-bond acceptors (Lipinski definition) is 3. The molecule has 0 aliphatic carbocycles. The van der Waals surface area contributed by atoms with Crippen LogP contribution in [0.2, 0.25) is 0 Å². The molecule has 0 spiro atoms. The van der Waals surface area contributed by atoms with Crippen molar-refractivity contribution in [3.63, 3.8) is 0 Å². The van der Waals surface area contributed by atoms with E-state index in [1.807, 2.05) is 0 Å². The van der Waals surface area contributed by atoms with Gasteiger partial charge in [0, 0.05) is 6.92 Å². The van der Waals surface area contributed by atoms with E-state index in [9.17, 15) is 9.36 Å². The molecule has 6 heteroatoms. The van der Waals surface area contributed by atoms with Crippen LogP contribution in [-0.2, 0) is 14.1 Å². The van der Waals surface area contributed by atoms with Crippen molar-refractivity contribution in [1.29, 1.82) is 0 Å². The Labute approximate surface area is 70.9 Å². The zero-order valence-corrected chi connectivity index (χ0v) is 8.17. The van der Waals surface area contributed by atoms with Gasteiger partial charge >= 0.3 is 13.6 Å². The highest BCUT2D eigenvalue weighted by atomic mass is 31.2. The zero-order chi connectivity index (χ0) is 9.99. The van der Waals surface area contributed by atoms with Crippen molar-refractivity contribution in [3.05, 3.63) is 0 Å². The Morgan fingerprint density at radius 3 is 2.08 bits per heavy atom. The normalized spacial score (nSPS) is 16.8. The molecule has 0 bridgehead atoms. The summed E-state index contributed by atoms with van der Waals surface area (Å²) in [6, 6.07) is 0. The van der Waals surface area contributed by atoms with Gasteiger partial charge in [-0.05, 0) is 13.3 Å². The molecule has 0 saturated carbocycles. The van der Waals surface area contributed by atoms with Crippen molar-refractivity contribution in [1.82, 2.24) is 0 Å². The fourth-order valence-electron chi connectivity index (χ4n) is 0.647. The first-order valence-electron chi connectivity index (χ1n) is 3.48. The van der Waals surface area contributed by atoms with Gasteiger partial charge in [0.15, 0.2) is 0 Å². The van der Waals surface area contributed by atoms with Gasteiger partial charge in [0.05, 0.1) is 0 Å². The monoisotopic (exact) mass is 196 g/mol. The van der Waals surface area contributed by atoms with Gasteiger partial charge in [-0.2, -0.15) is 0 Å². The lowest BCUT2D eigenvalue weighted by Gasteiger charge is -2.28. The van der Waals surface area contributed by atoms with Gasteiger partial charge in [-0.3, -0.25) is 9.36 Å². The molecule has 0 aromatic rings. The lowest BCUT2D eigenvalue weighted by molar-refractivity contribution is -0.149. The second-order valence-corrected chi connectivity index (χ2v) is 4.70. The van der Waals surface area contributed by atoms with E-state index in [1.165, 1.54) is 6.92 Å². The van der Waals surface area contributed by atoms with Crippen LogP contribution in [0.1, 0.15) is 27.2 Å². The Morgan fingerprint density at radius 1 is 1.58 bits per heavy atom. The molecule has 0 aromatic heterocycles. The molecule has 0 fully saturated rings. The predicted octanol–water partition coefficient (Wildman–Crippen LogP) is 0.853. The Hall–Kier alpha value is -0.380. The lowest BCUT2D eigenvalue weighted by Crippen LogP contribution is -2.29. The van der Waals surface area contributed by atoms with E-state index < -0.39 is 18.9 Å². The topological polar surface area (TPSA) is 83.8 Å². The summed E-state index contributed by atoms with van der Waals surface area (Å²) in [6.45, 7) is 3.88. The maximum absolute atomic E-state index is 10.8. The highest BCUT2D eigenvalue weighted by Gasteiger charge is 2.44. The molecule has 0 aliphatic heterocycles. The molecule has 0 saturated heterocycles. The van der Waals surface area contributed by atoms with Gasteiger partial charge in [-0.15, -0.1) is 0 Å². The fourth-order valence-corrected chi connectivity index (χ4v) is 1.31. The van der Waals surface area contributed by atoms with Crippen molar-refractivity contribution in [2.24, 2.45) is 0 Å². The smallest absolute Gasteiger partial charge is 0.368 e. The Morgan fingerprint density at radius 2 is 2.00 bits per heavy atom. The molecule has 0 radical (unpaired) electrons. The lowest BCUT2D eigenvalue weighted by atomic mass is 10.3. The number of carbonyl (C=O) groups excluding carboxylic acids is 1. The molecule has 0 aromatic carbocycles. The van der Waals surface area contributed by atoms with E-state index >= 15 is 0 Å². The summed E-state index contributed by atoms with van der Waals surface area (Å²) in [5.74, 6) is -0.692. The maximum Gasteiger partial charge on any atom is 0.368 e. The highest BCUT2D eigenvalue weighted by Crippen LogP contribution is 2.52. The summed E-state index contributed by atoms with van der Waals surface area (Å²) in [5.41, 5.74) is 0. The molecule has 12 heavy (non-hydrogen) atoms. The number of ether oxygens (including phenoxy) is 1. The molecule has 2 N–H and O–H groups in total. The Balaban J connectivity index is 4.69. The third kappa shape index (κ3) is 2.59. The average molecular weight is 196 g/mol. The van der Waals surface area contributed by atoms with Crippen molar-refractivity contribution in [3.8, 4) is 0 Å². The van der Waals surface area contributed by atoms with Crippen molar-refractivity contribution >= 4 is 13.6 Å². The number of carbonyl (C=O) groups is 1. The number of esters is 1. The molecule has 0 rings (SSSR count). The zero-order valence-electron chi connectivity index (χ0n) is 7.27. The summed E-state index contributed by atoms with van der Waals surface area (Å²) >= 11 is 0. The molecule has 1 unspecified atom stereocenters. The quantitative estimate of drug-likeness (QED) is 0.516. The number of rotatable bonds is 3. The number of hydrogen-bond donors (Lipinski definition) is 2. The minimum Gasteiger partial charge on any atom is -0.447 e. The highest BCUT2D eigenvalue weighted by molar-refractivity contribution is 7.53.